The van der Waals surface area contributed by atoms with Gasteiger partial charge in [0, 0.05) is 18.4 Å². The molecule has 14 heavy (non-hydrogen) atoms. The molecule has 0 N–H and O–H groups in total. The second-order valence-corrected chi connectivity index (χ2v) is 2.71. The van der Waals surface area contributed by atoms with Crippen LogP contribution in [0.3, 0.4) is 0 Å². The molecule has 0 amide bonds. The number of hydrogen-bond acceptors (Lipinski definition) is 4. The molecule has 0 saturated carbocycles. The van der Waals surface area contributed by atoms with E-state index in [-0.39, 0.29) is 24.9 Å². The maximum absolute atomic E-state index is 10.8. The Balaban J connectivity index is 3.40. The van der Waals surface area contributed by atoms with E-state index in [1.807, 2.05) is 0 Å². The van der Waals surface area contributed by atoms with Crippen LogP contribution in [0.1, 0.15) is 12.8 Å². The highest BCUT2D eigenvalue weighted by Crippen LogP contribution is 1.93. The number of allylic oxidation sites excluding steroid dienone is 1. The molecule has 0 rings (SSSR count). The average molecular weight is 221 g/mol. The first-order chi connectivity index (χ1) is 6.70. The summed E-state index contributed by atoms with van der Waals surface area (Å²) >= 11 is 5.31. The van der Waals surface area contributed by atoms with Crippen molar-refractivity contribution in [3.05, 3.63) is 12.2 Å². The molecule has 0 aliphatic heterocycles. The predicted octanol–water partition coefficient (Wildman–Crippen LogP) is 1.28. The molecule has 0 atom stereocenters. The van der Waals surface area contributed by atoms with Gasteiger partial charge in [0.1, 0.15) is 0 Å². The molecule has 0 unspecified atom stereocenters. The summed E-state index contributed by atoms with van der Waals surface area (Å²) in [4.78, 5) is 21.5. The van der Waals surface area contributed by atoms with Gasteiger partial charge in [0.05, 0.1) is 13.7 Å². The van der Waals surface area contributed by atoms with Gasteiger partial charge in [-0.25, -0.2) is 4.79 Å². The Hall–Kier alpha value is -1.03. The summed E-state index contributed by atoms with van der Waals surface area (Å²) in [5.41, 5.74) is 0. The number of ether oxygens (including phenoxy) is 2. The lowest BCUT2D eigenvalue weighted by Crippen LogP contribution is -2.06. The van der Waals surface area contributed by atoms with Crippen LogP contribution >= 0.6 is 11.6 Å². The second-order valence-electron chi connectivity index (χ2n) is 2.40. The highest BCUT2D eigenvalue weighted by atomic mass is 35.5. The standard InChI is InChI=1S/C9H13ClO4/c1-13-8(11)5-3-7-14-9(12)4-2-6-10/h2,4H,3,5-7H2,1H3. The zero-order chi connectivity index (χ0) is 10.8. The molecule has 5 heteroatoms. The van der Waals surface area contributed by atoms with Crippen molar-refractivity contribution in [2.45, 2.75) is 12.8 Å². The molecule has 0 saturated heterocycles. The van der Waals surface area contributed by atoms with E-state index in [9.17, 15) is 9.59 Å². The van der Waals surface area contributed by atoms with E-state index in [1.165, 1.54) is 19.3 Å². The Kier molecular flexibility index (Phi) is 7.93. The SMILES string of the molecule is COC(=O)CCCOC(=O)C=CCCl. The molecule has 0 spiro atoms. The topological polar surface area (TPSA) is 52.6 Å². The van der Waals surface area contributed by atoms with Crippen molar-refractivity contribution in [1.29, 1.82) is 0 Å². The fourth-order valence-corrected chi connectivity index (χ4v) is 0.769. The summed E-state index contributed by atoms with van der Waals surface area (Å²) in [6.45, 7) is 0.209. The Morgan fingerprint density at radius 2 is 2.14 bits per heavy atom. The number of carbonyl (C=O) groups excluding carboxylic acids is 2. The minimum absolute atomic E-state index is 0.209. The van der Waals surface area contributed by atoms with Gasteiger partial charge >= 0.3 is 11.9 Å². The molecule has 0 aromatic carbocycles. The van der Waals surface area contributed by atoms with Crippen molar-refractivity contribution >= 4 is 23.5 Å². The number of methoxy groups -OCH3 is 1. The minimum Gasteiger partial charge on any atom is -0.469 e. The first-order valence-electron chi connectivity index (χ1n) is 4.16. The molecule has 0 aliphatic carbocycles. The lowest BCUT2D eigenvalue weighted by atomic mass is 10.3. The number of alkyl halides is 1. The van der Waals surface area contributed by atoms with Crippen LogP contribution in [0.2, 0.25) is 0 Å². The summed E-state index contributed by atoms with van der Waals surface area (Å²) < 4.78 is 9.16. The lowest BCUT2D eigenvalue weighted by Gasteiger charge is -2.00. The largest absolute Gasteiger partial charge is 0.469 e. The van der Waals surface area contributed by atoms with Crippen LogP contribution in [0.25, 0.3) is 0 Å². The highest BCUT2D eigenvalue weighted by Gasteiger charge is 2.01. The average Bonchev–Trinajstić information content (AvgIpc) is 2.21. The predicted molar refractivity (Wildman–Crippen MR) is 52.1 cm³/mol. The van der Waals surface area contributed by atoms with Crippen molar-refractivity contribution < 1.29 is 19.1 Å². The third-order valence-electron chi connectivity index (χ3n) is 1.34. The van der Waals surface area contributed by atoms with E-state index >= 15 is 0 Å². The van der Waals surface area contributed by atoms with Crippen molar-refractivity contribution in [2.24, 2.45) is 0 Å². The molecule has 0 bridgehead atoms. The third kappa shape index (κ3) is 7.61. The Morgan fingerprint density at radius 3 is 2.71 bits per heavy atom. The Labute approximate surface area is 87.8 Å². The Morgan fingerprint density at radius 1 is 1.43 bits per heavy atom. The maximum atomic E-state index is 10.8. The van der Waals surface area contributed by atoms with Crippen LogP contribution in [-0.4, -0.2) is 31.5 Å². The van der Waals surface area contributed by atoms with Gasteiger partial charge in [-0.05, 0) is 6.42 Å². The first-order valence-corrected chi connectivity index (χ1v) is 4.70. The van der Waals surface area contributed by atoms with Crippen LogP contribution in [0, 0.1) is 0 Å². The normalized spacial score (nSPS) is 10.1. The molecule has 0 radical (unpaired) electrons. The van der Waals surface area contributed by atoms with Gasteiger partial charge in [0.25, 0.3) is 0 Å². The number of carbonyl (C=O) groups is 2. The van der Waals surface area contributed by atoms with Gasteiger partial charge < -0.3 is 9.47 Å². The number of hydrogen-bond donors (Lipinski definition) is 0. The molecule has 0 aromatic rings. The number of esters is 2. The van der Waals surface area contributed by atoms with Crippen LogP contribution < -0.4 is 0 Å². The molecule has 0 heterocycles. The molecular weight excluding hydrogens is 208 g/mol. The van der Waals surface area contributed by atoms with E-state index in [0.717, 1.165) is 0 Å². The van der Waals surface area contributed by atoms with Gasteiger partial charge in [-0.3, -0.25) is 4.79 Å². The smallest absolute Gasteiger partial charge is 0.330 e. The van der Waals surface area contributed by atoms with Gasteiger partial charge in [0.15, 0.2) is 0 Å². The van der Waals surface area contributed by atoms with Crippen LogP contribution in [0.15, 0.2) is 12.2 Å². The van der Waals surface area contributed by atoms with Crippen molar-refractivity contribution in [3.8, 4) is 0 Å². The molecule has 0 aliphatic rings. The monoisotopic (exact) mass is 220 g/mol. The molecule has 0 fully saturated rings. The fraction of sp³-hybridized carbons (Fsp3) is 0.556. The first kappa shape index (κ1) is 13.0. The summed E-state index contributed by atoms with van der Waals surface area (Å²) in [5, 5.41) is 0. The minimum atomic E-state index is -0.449. The van der Waals surface area contributed by atoms with E-state index in [0.29, 0.717) is 6.42 Å². The van der Waals surface area contributed by atoms with Crippen LogP contribution in [-0.2, 0) is 19.1 Å². The molecule has 80 valence electrons. The van der Waals surface area contributed by atoms with Crippen molar-refractivity contribution in [3.63, 3.8) is 0 Å². The molecule has 4 nitrogen and oxygen atoms in total. The van der Waals surface area contributed by atoms with E-state index in [2.05, 4.69) is 4.74 Å². The zero-order valence-electron chi connectivity index (χ0n) is 7.99. The third-order valence-corrected chi connectivity index (χ3v) is 1.52. The summed E-state index contributed by atoms with van der Waals surface area (Å²) in [7, 11) is 1.32. The summed E-state index contributed by atoms with van der Waals surface area (Å²) in [6, 6.07) is 0. The lowest BCUT2D eigenvalue weighted by molar-refractivity contribution is -0.143. The number of halogens is 1. The molecular formula is C9H13ClO4. The van der Waals surface area contributed by atoms with Crippen LogP contribution in [0.5, 0.6) is 0 Å². The van der Waals surface area contributed by atoms with Crippen molar-refractivity contribution in [1.82, 2.24) is 0 Å². The van der Waals surface area contributed by atoms with E-state index < -0.39 is 5.97 Å². The van der Waals surface area contributed by atoms with Crippen LogP contribution in [0.4, 0.5) is 0 Å². The van der Waals surface area contributed by atoms with E-state index in [4.69, 9.17) is 16.3 Å². The van der Waals surface area contributed by atoms with Crippen molar-refractivity contribution in [2.75, 3.05) is 19.6 Å². The summed E-state index contributed by atoms with van der Waals surface area (Å²) in [6.07, 6.45) is 3.46. The highest BCUT2D eigenvalue weighted by molar-refractivity contribution is 6.19. The number of rotatable bonds is 6. The Bertz CT molecular complexity index is 213. The fourth-order valence-electron chi connectivity index (χ4n) is 0.680. The quantitative estimate of drug-likeness (QED) is 0.293. The molecule has 0 aromatic heterocycles. The van der Waals surface area contributed by atoms with Gasteiger partial charge in [-0.2, -0.15) is 0 Å². The van der Waals surface area contributed by atoms with Gasteiger partial charge in [0.2, 0.25) is 0 Å². The van der Waals surface area contributed by atoms with E-state index in [1.54, 1.807) is 0 Å². The zero-order valence-corrected chi connectivity index (χ0v) is 8.75. The summed E-state index contributed by atoms with van der Waals surface area (Å²) in [5.74, 6) is -0.482. The maximum Gasteiger partial charge on any atom is 0.330 e. The second kappa shape index (κ2) is 8.56. The van der Waals surface area contributed by atoms with Gasteiger partial charge in [-0.15, -0.1) is 11.6 Å². The van der Waals surface area contributed by atoms with Gasteiger partial charge in [-0.1, -0.05) is 6.08 Å².